The van der Waals surface area contributed by atoms with Crippen LogP contribution in [0.3, 0.4) is 0 Å². The minimum atomic E-state index is -2.98. The summed E-state index contributed by atoms with van der Waals surface area (Å²) in [6, 6.07) is 0. The van der Waals surface area contributed by atoms with Gasteiger partial charge < -0.3 is 0 Å². The van der Waals surface area contributed by atoms with E-state index < -0.39 is 22.4 Å². The fourth-order valence-electron chi connectivity index (χ4n) is 0.796. The predicted molar refractivity (Wildman–Crippen MR) is 48.3 cm³/mol. The Labute approximate surface area is 83.1 Å². The van der Waals surface area contributed by atoms with Crippen LogP contribution in [0.2, 0.25) is 0 Å². The van der Waals surface area contributed by atoms with Gasteiger partial charge in [-0.05, 0) is 6.42 Å². The van der Waals surface area contributed by atoms with E-state index in [0.29, 0.717) is 6.42 Å². The summed E-state index contributed by atoms with van der Waals surface area (Å²) < 4.78 is 29.4. The zero-order chi connectivity index (χ0) is 11.2. The van der Waals surface area contributed by atoms with Crippen LogP contribution in [0.15, 0.2) is 0 Å². The van der Waals surface area contributed by atoms with Crippen LogP contribution < -0.4 is 5.73 Å². The lowest BCUT2D eigenvalue weighted by molar-refractivity contribution is -0.116. The fourth-order valence-corrected chi connectivity index (χ4v) is 1.64. The third-order valence-electron chi connectivity index (χ3n) is 1.34. The lowest BCUT2D eigenvalue weighted by Gasteiger charge is -2.13. The van der Waals surface area contributed by atoms with Gasteiger partial charge in [-0.1, -0.05) is 22.4 Å². The third kappa shape index (κ3) is 6.45. The zero-order valence-corrected chi connectivity index (χ0v) is 9.41. The molecule has 14 heavy (non-hydrogen) atoms. The summed E-state index contributed by atoms with van der Waals surface area (Å²) in [6.07, 6.45) is 1.35. The van der Waals surface area contributed by atoms with Crippen LogP contribution in [0, 0.1) is 0 Å². The highest BCUT2D eigenvalue weighted by atomic mass is 31.1. The molecular weight excluding hydrogens is 232 g/mol. The van der Waals surface area contributed by atoms with Gasteiger partial charge in [-0.15, -0.1) is 9.79 Å². The Morgan fingerprint density at radius 2 is 1.71 bits per heavy atom. The van der Waals surface area contributed by atoms with Crippen molar-refractivity contribution < 1.29 is 28.0 Å². The maximum Gasteiger partial charge on any atom is 0.699 e. The highest BCUT2D eigenvalue weighted by molar-refractivity contribution is 7.33. The van der Waals surface area contributed by atoms with E-state index in [-0.39, 0.29) is 6.42 Å². The molecule has 9 heteroatoms. The van der Waals surface area contributed by atoms with Crippen LogP contribution in [-0.4, -0.2) is 15.7 Å². The van der Waals surface area contributed by atoms with E-state index in [1.807, 2.05) is 6.92 Å². The highest BCUT2D eigenvalue weighted by Gasteiger charge is 2.45. The number of unbranched alkanes of at least 4 members (excludes halogenated alkanes) is 1. The first-order chi connectivity index (χ1) is 6.39. The first-order valence-electron chi connectivity index (χ1n) is 3.89. The summed E-state index contributed by atoms with van der Waals surface area (Å²) in [6.45, 7) is 1.86. The first kappa shape index (κ1) is 14.0. The molecule has 2 atom stereocenters. The molecule has 0 fully saturated rings. The maximum absolute atomic E-state index is 10.3. The minimum Gasteiger partial charge on any atom is -0.272 e. The number of hydrogen-bond acceptors (Lipinski definition) is 5. The van der Waals surface area contributed by atoms with Gasteiger partial charge >= 0.3 is 22.4 Å². The molecule has 0 aromatic heterocycles. The van der Waals surface area contributed by atoms with Gasteiger partial charge in [-0.25, -0.2) is 0 Å². The first-order valence-corrected chi connectivity index (χ1v) is 6.15. The van der Waals surface area contributed by atoms with Crippen molar-refractivity contribution in [1.29, 1.82) is 0 Å². The van der Waals surface area contributed by atoms with E-state index in [2.05, 4.69) is 9.05 Å². The monoisotopic (exact) mass is 245 g/mol. The molecule has 82 valence electrons. The summed E-state index contributed by atoms with van der Waals surface area (Å²) in [7, 11) is -5.95. The van der Waals surface area contributed by atoms with Gasteiger partial charge in [0, 0.05) is 15.6 Å². The number of nitrogens with two attached hydrogens (primary N) is 1. The molecular formula is C5H13NO6P2+2. The summed E-state index contributed by atoms with van der Waals surface area (Å²) in [5.41, 5.74) is 5.35. The second-order valence-corrected chi connectivity index (χ2v) is 3.89. The summed E-state index contributed by atoms with van der Waals surface area (Å²) in [5, 5.41) is 0. The quantitative estimate of drug-likeness (QED) is 0.454. The molecule has 0 aliphatic carbocycles. The van der Waals surface area contributed by atoms with E-state index in [9.17, 15) is 9.13 Å². The van der Waals surface area contributed by atoms with Crippen LogP contribution in [0.5, 0.6) is 0 Å². The molecule has 0 aromatic rings. The fraction of sp³-hybridized carbons (Fsp3) is 1.00. The van der Waals surface area contributed by atoms with Gasteiger partial charge in [0.1, 0.15) is 0 Å². The van der Waals surface area contributed by atoms with Crippen molar-refractivity contribution in [3.05, 3.63) is 0 Å². The van der Waals surface area contributed by atoms with Crippen LogP contribution in [0.1, 0.15) is 26.2 Å². The topological polar surface area (TPSA) is 119 Å². The second kappa shape index (κ2) is 6.48. The molecule has 7 nitrogen and oxygen atoms in total. The van der Waals surface area contributed by atoms with Crippen LogP contribution in [-0.2, 0) is 18.2 Å². The SMILES string of the molecule is CCCCC(N)(O[P+](=O)O)O[P+](=O)O. The summed E-state index contributed by atoms with van der Waals surface area (Å²) in [5.74, 6) is -1.97. The number of rotatable bonds is 7. The molecule has 0 amide bonds. The molecule has 0 aromatic carbocycles. The largest absolute Gasteiger partial charge is 0.699 e. The maximum atomic E-state index is 10.3. The van der Waals surface area contributed by atoms with Crippen molar-refractivity contribution in [3.63, 3.8) is 0 Å². The molecule has 0 radical (unpaired) electrons. The predicted octanol–water partition coefficient (Wildman–Crippen LogP) is 1.12. The van der Waals surface area contributed by atoms with Crippen LogP contribution in [0.4, 0.5) is 0 Å². The minimum absolute atomic E-state index is 0.0623. The third-order valence-corrected chi connectivity index (χ3v) is 2.27. The second-order valence-electron chi connectivity index (χ2n) is 2.57. The van der Waals surface area contributed by atoms with E-state index in [0.717, 1.165) is 6.42 Å². The van der Waals surface area contributed by atoms with Gasteiger partial charge in [0.25, 0.3) is 0 Å². The van der Waals surface area contributed by atoms with Gasteiger partial charge in [-0.2, -0.15) is 0 Å². The molecule has 0 saturated heterocycles. The van der Waals surface area contributed by atoms with Gasteiger partial charge in [0.15, 0.2) is 0 Å². The zero-order valence-electron chi connectivity index (χ0n) is 7.62. The lowest BCUT2D eigenvalue weighted by atomic mass is 10.2. The van der Waals surface area contributed by atoms with E-state index >= 15 is 0 Å². The van der Waals surface area contributed by atoms with E-state index in [4.69, 9.17) is 15.5 Å². The Balaban J connectivity index is 4.31. The van der Waals surface area contributed by atoms with Crippen molar-refractivity contribution in [2.45, 2.75) is 32.1 Å². The Morgan fingerprint density at radius 1 is 1.29 bits per heavy atom. The Kier molecular flexibility index (Phi) is 6.48. The Bertz CT molecular complexity index is 206. The molecule has 0 rings (SSSR count). The Hall–Kier alpha value is -0.0000000000000000763. The molecule has 0 bridgehead atoms. The Morgan fingerprint density at radius 3 is 2.00 bits per heavy atom. The molecule has 0 saturated carbocycles. The lowest BCUT2D eigenvalue weighted by Crippen LogP contribution is -2.42. The van der Waals surface area contributed by atoms with Gasteiger partial charge in [0.2, 0.25) is 0 Å². The van der Waals surface area contributed by atoms with Crippen LogP contribution >= 0.6 is 16.5 Å². The van der Waals surface area contributed by atoms with Gasteiger partial charge in [0.05, 0.1) is 0 Å². The normalized spacial score (nSPS) is 17.4. The van der Waals surface area contributed by atoms with Crippen LogP contribution in [0.25, 0.3) is 0 Å². The van der Waals surface area contributed by atoms with E-state index in [1.54, 1.807) is 0 Å². The molecule has 4 N–H and O–H groups in total. The standard InChI is InChI=1S/C5H11NO6P2/c1-2-3-4-5(6,11-13(7)8)12-14(9)10/h2-4,6H2,1H3/p+2. The molecule has 2 unspecified atom stereocenters. The molecule has 0 aliphatic rings. The van der Waals surface area contributed by atoms with Crippen molar-refractivity contribution in [2.24, 2.45) is 5.73 Å². The van der Waals surface area contributed by atoms with Crippen molar-refractivity contribution in [1.82, 2.24) is 0 Å². The summed E-state index contributed by atoms with van der Waals surface area (Å²) >= 11 is 0. The van der Waals surface area contributed by atoms with Crippen molar-refractivity contribution in [3.8, 4) is 0 Å². The molecule has 0 spiro atoms. The highest BCUT2D eigenvalue weighted by Crippen LogP contribution is 2.33. The average molecular weight is 245 g/mol. The average Bonchev–Trinajstić information content (AvgIpc) is 1.97. The smallest absolute Gasteiger partial charge is 0.272 e. The van der Waals surface area contributed by atoms with Gasteiger partial charge in [-0.3, -0.25) is 5.73 Å². The number of hydrogen-bond donors (Lipinski definition) is 3. The molecule has 0 heterocycles. The van der Waals surface area contributed by atoms with Crippen molar-refractivity contribution >= 4 is 16.5 Å². The van der Waals surface area contributed by atoms with Crippen molar-refractivity contribution in [2.75, 3.05) is 0 Å². The van der Waals surface area contributed by atoms with E-state index in [1.165, 1.54) is 0 Å². The summed E-state index contributed by atoms with van der Waals surface area (Å²) in [4.78, 5) is 16.9. The molecule has 0 aliphatic heterocycles.